The lowest BCUT2D eigenvalue weighted by Crippen LogP contribution is -2.28. The van der Waals surface area contributed by atoms with Crippen molar-refractivity contribution >= 4 is 22.5 Å². The minimum atomic E-state index is -0.333. The average Bonchev–Trinajstić information content (AvgIpc) is 3.48. The highest BCUT2D eigenvalue weighted by Crippen LogP contribution is 2.37. The van der Waals surface area contributed by atoms with Gasteiger partial charge in [-0.05, 0) is 31.9 Å². The monoisotopic (exact) mass is 404 g/mol. The number of nitrogens with one attached hydrogen (secondary N) is 1. The molecule has 1 atom stereocenters. The summed E-state index contributed by atoms with van der Waals surface area (Å²) in [7, 11) is 0. The van der Waals surface area contributed by atoms with Crippen LogP contribution < -0.4 is 16.6 Å². The number of nitrogen functional groups attached to an aromatic ring is 1. The number of hydrogen-bond donors (Lipinski definition) is 2. The molecule has 4 aromatic rings. The largest absolute Gasteiger partial charge is 0.421 e. The Balaban J connectivity index is 1.60. The fraction of sp³-hybridized carbons (Fsp3) is 0.300. The van der Waals surface area contributed by atoms with Crippen LogP contribution in [0.25, 0.3) is 22.4 Å². The molecule has 3 aromatic heterocycles. The van der Waals surface area contributed by atoms with Gasteiger partial charge in [-0.15, -0.1) is 10.2 Å². The van der Waals surface area contributed by atoms with Crippen molar-refractivity contribution in [3.63, 3.8) is 0 Å². The number of nitrogens with two attached hydrogens (primary N) is 1. The Kier molecular flexibility index (Phi) is 4.19. The van der Waals surface area contributed by atoms with Gasteiger partial charge in [-0.25, -0.2) is 15.0 Å². The molecule has 0 unspecified atom stereocenters. The number of nitrogens with zero attached hydrogens (tertiary/aromatic N) is 6. The molecular weight excluding hydrogens is 384 g/mol. The van der Waals surface area contributed by atoms with Crippen molar-refractivity contribution in [3.05, 3.63) is 52.7 Å². The molecule has 3 heterocycles. The Morgan fingerprint density at radius 1 is 1.23 bits per heavy atom. The van der Waals surface area contributed by atoms with E-state index in [-0.39, 0.29) is 29.4 Å². The molecule has 1 saturated carbocycles. The zero-order valence-electron chi connectivity index (χ0n) is 16.5. The van der Waals surface area contributed by atoms with Gasteiger partial charge in [0.05, 0.1) is 16.9 Å². The predicted octanol–water partition coefficient (Wildman–Crippen LogP) is 2.64. The highest BCUT2D eigenvalue weighted by Gasteiger charge is 2.30. The summed E-state index contributed by atoms with van der Waals surface area (Å²) in [6, 6.07) is 7.22. The molecule has 152 valence electrons. The third kappa shape index (κ3) is 3.06. The minimum absolute atomic E-state index is 0.0262. The summed E-state index contributed by atoms with van der Waals surface area (Å²) in [5, 5.41) is 11.8. The second-order valence-corrected chi connectivity index (χ2v) is 7.37. The van der Waals surface area contributed by atoms with Crippen LogP contribution in [0.5, 0.6) is 0 Å². The Morgan fingerprint density at radius 2 is 2.03 bits per heavy atom. The molecule has 0 aliphatic heterocycles. The maximum atomic E-state index is 13.1. The molecule has 1 aliphatic carbocycles. The second kappa shape index (κ2) is 6.90. The van der Waals surface area contributed by atoms with E-state index in [0.717, 1.165) is 12.8 Å². The SMILES string of the molecule is Cc1nnc(-c2c(N)ncnc2N[C@@H](C)c2nc3ccccc3c(=O)n2C2CC2)o1. The third-order valence-electron chi connectivity index (χ3n) is 5.10. The molecule has 0 radical (unpaired) electrons. The van der Waals surface area contributed by atoms with Crippen LogP contribution >= 0.6 is 0 Å². The Hall–Kier alpha value is -3.82. The maximum Gasteiger partial charge on any atom is 0.261 e. The first-order valence-corrected chi connectivity index (χ1v) is 9.71. The first kappa shape index (κ1) is 18.2. The molecule has 0 bridgehead atoms. The Labute approximate surface area is 171 Å². The van der Waals surface area contributed by atoms with Crippen LogP contribution in [0.2, 0.25) is 0 Å². The summed E-state index contributed by atoms with van der Waals surface area (Å²) >= 11 is 0. The minimum Gasteiger partial charge on any atom is -0.421 e. The van der Waals surface area contributed by atoms with Gasteiger partial charge in [0, 0.05) is 13.0 Å². The van der Waals surface area contributed by atoms with Crippen LogP contribution in [-0.2, 0) is 0 Å². The van der Waals surface area contributed by atoms with Crippen LogP contribution in [0, 0.1) is 6.92 Å². The summed E-state index contributed by atoms with van der Waals surface area (Å²) in [6.07, 6.45) is 3.29. The van der Waals surface area contributed by atoms with Gasteiger partial charge in [0.25, 0.3) is 11.4 Å². The van der Waals surface area contributed by atoms with Gasteiger partial charge in [0.2, 0.25) is 5.89 Å². The van der Waals surface area contributed by atoms with Crippen molar-refractivity contribution < 1.29 is 4.42 Å². The van der Waals surface area contributed by atoms with Crippen LogP contribution in [0.4, 0.5) is 11.6 Å². The van der Waals surface area contributed by atoms with Gasteiger partial charge in [-0.3, -0.25) is 9.36 Å². The van der Waals surface area contributed by atoms with Crippen molar-refractivity contribution in [2.45, 2.75) is 38.8 Å². The number of hydrogen-bond acceptors (Lipinski definition) is 9. The summed E-state index contributed by atoms with van der Waals surface area (Å²) in [5.74, 6) is 1.93. The zero-order valence-corrected chi connectivity index (χ0v) is 16.5. The summed E-state index contributed by atoms with van der Waals surface area (Å²) in [5.41, 5.74) is 7.13. The van der Waals surface area contributed by atoms with E-state index in [0.29, 0.717) is 34.0 Å². The van der Waals surface area contributed by atoms with Crippen LogP contribution in [0.3, 0.4) is 0 Å². The van der Waals surface area contributed by atoms with Crippen molar-refractivity contribution in [2.24, 2.45) is 0 Å². The Bertz CT molecular complexity index is 1310. The molecule has 10 nitrogen and oxygen atoms in total. The zero-order chi connectivity index (χ0) is 20.8. The van der Waals surface area contributed by atoms with Crippen molar-refractivity contribution in [3.8, 4) is 11.5 Å². The van der Waals surface area contributed by atoms with E-state index in [4.69, 9.17) is 15.1 Å². The molecule has 10 heteroatoms. The van der Waals surface area contributed by atoms with E-state index >= 15 is 0 Å². The van der Waals surface area contributed by atoms with Crippen LogP contribution in [0.15, 0.2) is 39.8 Å². The summed E-state index contributed by atoms with van der Waals surface area (Å²) < 4.78 is 7.33. The van der Waals surface area contributed by atoms with Gasteiger partial charge in [0.1, 0.15) is 29.4 Å². The predicted molar refractivity (Wildman–Crippen MR) is 111 cm³/mol. The highest BCUT2D eigenvalue weighted by atomic mass is 16.4. The smallest absolute Gasteiger partial charge is 0.261 e. The van der Waals surface area contributed by atoms with Gasteiger partial charge >= 0.3 is 0 Å². The first-order valence-electron chi connectivity index (χ1n) is 9.71. The number of anilines is 2. The number of rotatable bonds is 5. The van der Waals surface area contributed by atoms with E-state index < -0.39 is 0 Å². The molecular formula is C20H20N8O2. The molecule has 0 amide bonds. The molecule has 1 aromatic carbocycles. The van der Waals surface area contributed by atoms with E-state index in [1.807, 2.05) is 31.2 Å². The standard InChI is InChI=1S/C20H20N8O2/c1-10(24-17-15(16(21)22-9-23-17)19-27-26-11(2)30-19)18-25-14-6-4-3-5-13(14)20(29)28(18)12-7-8-12/h3-6,9-10,12H,7-8H2,1-2H3,(H3,21,22,23,24)/t10-/m0/s1. The van der Waals surface area contributed by atoms with Crippen LogP contribution in [-0.4, -0.2) is 29.7 Å². The fourth-order valence-electron chi connectivity index (χ4n) is 3.54. The van der Waals surface area contributed by atoms with Crippen molar-refractivity contribution in [1.29, 1.82) is 0 Å². The average molecular weight is 404 g/mol. The third-order valence-corrected chi connectivity index (χ3v) is 5.10. The lowest BCUT2D eigenvalue weighted by atomic mass is 10.2. The topological polar surface area (TPSA) is 138 Å². The fourth-order valence-corrected chi connectivity index (χ4v) is 3.54. The Morgan fingerprint density at radius 3 is 2.77 bits per heavy atom. The first-order chi connectivity index (χ1) is 14.5. The van der Waals surface area contributed by atoms with Crippen molar-refractivity contribution in [1.82, 2.24) is 29.7 Å². The number of aryl methyl sites for hydroxylation is 1. The number of aromatic nitrogens is 6. The highest BCUT2D eigenvalue weighted by molar-refractivity contribution is 5.79. The second-order valence-electron chi connectivity index (χ2n) is 7.37. The van der Waals surface area contributed by atoms with Crippen LogP contribution in [0.1, 0.15) is 43.6 Å². The van der Waals surface area contributed by atoms with E-state index in [2.05, 4.69) is 25.5 Å². The normalized spacial score (nSPS) is 14.7. The molecule has 1 fully saturated rings. The summed E-state index contributed by atoms with van der Waals surface area (Å²) in [4.78, 5) is 26.3. The molecule has 0 spiro atoms. The lowest BCUT2D eigenvalue weighted by Gasteiger charge is -2.20. The van der Waals surface area contributed by atoms with Crippen molar-refractivity contribution in [2.75, 3.05) is 11.1 Å². The number of benzene rings is 1. The quantitative estimate of drug-likeness (QED) is 0.514. The molecule has 1 aliphatic rings. The van der Waals surface area contributed by atoms with E-state index in [9.17, 15) is 4.79 Å². The number of para-hydroxylation sites is 1. The van der Waals surface area contributed by atoms with Gasteiger partial charge in [0.15, 0.2) is 0 Å². The molecule has 0 saturated heterocycles. The van der Waals surface area contributed by atoms with Gasteiger partial charge in [-0.1, -0.05) is 12.1 Å². The maximum absolute atomic E-state index is 13.1. The molecule has 3 N–H and O–H groups in total. The lowest BCUT2D eigenvalue weighted by molar-refractivity contribution is 0.532. The number of fused-ring (bicyclic) bond motifs is 1. The van der Waals surface area contributed by atoms with Gasteiger partial charge < -0.3 is 15.5 Å². The molecule has 30 heavy (non-hydrogen) atoms. The van der Waals surface area contributed by atoms with Gasteiger partial charge in [-0.2, -0.15) is 0 Å². The van der Waals surface area contributed by atoms with E-state index in [1.165, 1.54) is 6.33 Å². The summed E-state index contributed by atoms with van der Waals surface area (Å²) in [6.45, 7) is 3.62. The molecule has 5 rings (SSSR count). The van der Waals surface area contributed by atoms with E-state index in [1.54, 1.807) is 11.5 Å².